The molecule has 0 aliphatic heterocycles. The number of benzene rings is 1. The summed E-state index contributed by atoms with van der Waals surface area (Å²) in [6.07, 6.45) is 0.544. The van der Waals surface area contributed by atoms with Crippen molar-refractivity contribution in [2.75, 3.05) is 5.32 Å². The van der Waals surface area contributed by atoms with Gasteiger partial charge in [0.1, 0.15) is 0 Å². The molecule has 3 heterocycles. The Kier molecular flexibility index (Phi) is 4.54. The number of aryl methyl sites for hydroxylation is 2. The molecule has 0 atom stereocenters. The van der Waals surface area contributed by atoms with Gasteiger partial charge in [-0.2, -0.15) is 23.4 Å². The lowest BCUT2D eigenvalue weighted by Crippen LogP contribution is -2.17. The number of hydrogen-bond donors (Lipinski definition) is 1. The number of hydrogen-bond acceptors (Lipinski definition) is 4. The Morgan fingerprint density at radius 3 is 2.66 bits per heavy atom. The minimum Gasteiger partial charge on any atom is -0.320 e. The predicted octanol–water partition coefficient (Wildman–Crippen LogP) is 4.61. The molecule has 1 aromatic carbocycles. The average Bonchev–Trinajstić information content (AvgIpc) is 3.37. The minimum absolute atomic E-state index is 0.00741. The summed E-state index contributed by atoms with van der Waals surface area (Å²) >= 11 is 0. The molecule has 0 bridgehead atoms. The number of aromatic nitrogens is 5. The van der Waals surface area contributed by atoms with Gasteiger partial charge in [-0.1, -0.05) is 0 Å². The molecule has 32 heavy (non-hydrogen) atoms. The second-order valence-electron chi connectivity index (χ2n) is 7.91. The summed E-state index contributed by atoms with van der Waals surface area (Å²) in [5, 5.41) is 11.7. The number of anilines is 1. The van der Waals surface area contributed by atoms with Gasteiger partial charge in [0, 0.05) is 31.1 Å². The second-order valence-corrected chi connectivity index (χ2v) is 7.91. The Bertz CT molecular complexity index is 1340. The number of rotatable bonds is 4. The molecule has 1 fully saturated rings. The van der Waals surface area contributed by atoms with Gasteiger partial charge in [-0.15, -0.1) is 0 Å². The summed E-state index contributed by atoms with van der Waals surface area (Å²) < 4.78 is 43.1. The molecule has 164 valence electrons. The van der Waals surface area contributed by atoms with Crippen LogP contribution in [-0.4, -0.2) is 30.5 Å². The zero-order valence-electron chi connectivity index (χ0n) is 17.3. The zero-order chi connectivity index (χ0) is 22.6. The highest BCUT2D eigenvalue weighted by atomic mass is 19.4. The molecule has 7 nitrogen and oxygen atoms in total. The molecule has 1 amide bonds. The van der Waals surface area contributed by atoms with Crippen molar-refractivity contribution < 1.29 is 18.0 Å². The van der Waals surface area contributed by atoms with Crippen LogP contribution in [0.15, 0.2) is 42.7 Å². The number of halogens is 3. The quantitative estimate of drug-likeness (QED) is 0.503. The van der Waals surface area contributed by atoms with E-state index in [2.05, 4.69) is 20.5 Å². The first kappa shape index (κ1) is 20.2. The molecule has 0 unspecified atom stereocenters. The van der Waals surface area contributed by atoms with Crippen LogP contribution < -0.4 is 5.32 Å². The Hall–Kier alpha value is -3.69. The smallest absolute Gasteiger partial charge is 0.320 e. The summed E-state index contributed by atoms with van der Waals surface area (Å²) in [6.45, 7) is 1.77. The van der Waals surface area contributed by atoms with Gasteiger partial charge >= 0.3 is 6.18 Å². The van der Waals surface area contributed by atoms with Crippen molar-refractivity contribution in [1.29, 1.82) is 0 Å². The van der Waals surface area contributed by atoms with E-state index in [9.17, 15) is 18.0 Å². The average molecular weight is 440 g/mol. The number of fused-ring (bicyclic) bond motifs is 1. The molecule has 1 aliphatic rings. The molecule has 0 radical (unpaired) electrons. The third kappa shape index (κ3) is 3.51. The lowest BCUT2D eigenvalue weighted by atomic mass is 10.1. The van der Waals surface area contributed by atoms with Gasteiger partial charge in [-0.05, 0) is 50.1 Å². The predicted molar refractivity (Wildman–Crippen MR) is 112 cm³/mol. The van der Waals surface area contributed by atoms with E-state index in [0.717, 1.165) is 30.7 Å². The van der Waals surface area contributed by atoms with Crippen LogP contribution in [0.2, 0.25) is 0 Å². The first-order valence-electron chi connectivity index (χ1n) is 10.1. The lowest BCUT2D eigenvalue weighted by molar-refractivity contribution is -0.137. The number of carbonyl (C=O) groups excluding carboxylic acids is 1. The van der Waals surface area contributed by atoms with Crippen LogP contribution in [0.5, 0.6) is 0 Å². The fourth-order valence-corrected chi connectivity index (χ4v) is 3.84. The van der Waals surface area contributed by atoms with E-state index in [-0.39, 0.29) is 11.6 Å². The van der Waals surface area contributed by atoms with E-state index >= 15 is 0 Å². The summed E-state index contributed by atoms with van der Waals surface area (Å²) in [5.41, 5.74) is 1.81. The standard InChI is InChI=1S/C22H19F3N6O/c1-12-19-15(11-16(13-4-5-13)27-20(19)30(2)29-12)21(32)28-17-10-14(22(23,24)25)6-7-18(17)31-9-3-8-26-31/h3,6-11,13H,4-5H2,1-2H3,(H,28,32). The van der Waals surface area contributed by atoms with E-state index in [4.69, 9.17) is 0 Å². The number of alkyl halides is 3. The van der Waals surface area contributed by atoms with E-state index in [1.165, 1.54) is 16.9 Å². The van der Waals surface area contributed by atoms with Crippen LogP contribution in [0, 0.1) is 6.92 Å². The van der Waals surface area contributed by atoms with Crippen molar-refractivity contribution >= 4 is 22.6 Å². The summed E-state index contributed by atoms with van der Waals surface area (Å²) in [5.74, 6) is -0.238. The fourth-order valence-electron chi connectivity index (χ4n) is 3.84. The maximum absolute atomic E-state index is 13.4. The van der Waals surface area contributed by atoms with Gasteiger partial charge in [-0.3, -0.25) is 9.48 Å². The highest BCUT2D eigenvalue weighted by Crippen LogP contribution is 2.40. The van der Waals surface area contributed by atoms with Crippen molar-refractivity contribution in [3.05, 3.63) is 65.2 Å². The molecular weight excluding hydrogens is 421 g/mol. The number of carbonyl (C=O) groups is 1. The van der Waals surface area contributed by atoms with Gasteiger partial charge in [0.2, 0.25) is 0 Å². The largest absolute Gasteiger partial charge is 0.416 e. The molecule has 5 rings (SSSR count). The van der Waals surface area contributed by atoms with E-state index in [0.29, 0.717) is 28.0 Å². The molecule has 1 N–H and O–H groups in total. The third-order valence-electron chi connectivity index (χ3n) is 5.55. The van der Waals surface area contributed by atoms with E-state index < -0.39 is 17.6 Å². The molecule has 3 aromatic heterocycles. The van der Waals surface area contributed by atoms with Gasteiger partial charge < -0.3 is 5.32 Å². The SMILES string of the molecule is Cc1nn(C)c2nc(C3CC3)cc(C(=O)Nc3cc(C(F)(F)F)ccc3-n3cccn3)c12. The van der Waals surface area contributed by atoms with Crippen LogP contribution in [0.3, 0.4) is 0 Å². The Balaban J connectivity index is 1.62. The molecule has 1 saturated carbocycles. The normalized spacial score (nSPS) is 14.2. The zero-order valence-corrected chi connectivity index (χ0v) is 17.3. The first-order valence-corrected chi connectivity index (χ1v) is 10.1. The number of nitrogens with one attached hydrogen (secondary N) is 1. The first-order chi connectivity index (χ1) is 15.2. The summed E-state index contributed by atoms with van der Waals surface area (Å²) in [7, 11) is 1.75. The Morgan fingerprint density at radius 2 is 2.00 bits per heavy atom. The van der Waals surface area contributed by atoms with E-state index in [1.807, 2.05) is 0 Å². The Morgan fingerprint density at radius 1 is 1.22 bits per heavy atom. The van der Waals surface area contributed by atoms with Crippen LogP contribution in [0.25, 0.3) is 16.7 Å². The van der Waals surface area contributed by atoms with Crippen molar-refractivity contribution in [1.82, 2.24) is 24.5 Å². The van der Waals surface area contributed by atoms with Gasteiger partial charge in [-0.25, -0.2) is 9.67 Å². The van der Waals surface area contributed by atoms with Gasteiger partial charge in [0.25, 0.3) is 5.91 Å². The number of nitrogens with zero attached hydrogens (tertiary/aromatic N) is 5. The molecule has 4 aromatic rings. The molecule has 1 aliphatic carbocycles. The van der Waals surface area contributed by atoms with Gasteiger partial charge in [0.15, 0.2) is 5.65 Å². The van der Waals surface area contributed by atoms with Crippen molar-refractivity contribution in [2.24, 2.45) is 7.05 Å². The molecule has 0 saturated heterocycles. The van der Waals surface area contributed by atoms with Crippen LogP contribution >= 0.6 is 0 Å². The van der Waals surface area contributed by atoms with E-state index in [1.54, 1.807) is 37.0 Å². The molecule has 0 spiro atoms. The fraction of sp³-hybridized carbons (Fsp3) is 0.273. The number of pyridine rings is 1. The van der Waals surface area contributed by atoms with Crippen LogP contribution in [-0.2, 0) is 13.2 Å². The van der Waals surface area contributed by atoms with Crippen LogP contribution in [0.1, 0.15) is 46.1 Å². The van der Waals surface area contributed by atoms with Crippen LogP contribution in [0.4, 0.5) is 18.9 Å². The lowest BCUT2D eigenvalue weighted by Gasteiger charge is -2.15. The van der Waals surface area contributed by atoms with Crippen molar-refractivity contribution in [2.45, 2.75) is 31.9 Å². The molecular formula is C22H19F3N6O. The van der Waals surface area contributed by atoms with Crippen molar-refractivity contribution in [3.63, 3.8) is 0 Å². The second kappa shape index (κ2) is 7.18. The maximum Gasteiger partial charge on any atom is 0.416 e. The maximum atomic E-state index is 13.4. The van der Waals surface area contributed by atoms with Gasteiger partial charge in [0.05, 0.1) is 33.6 Å². The minimum atomic E-state index is -4.55. The highest BCUT2D eigenvalue weighted by Gasteiger charge is 2.32. The Labute approximate surface area is 180 Å². The monoisotopic (exact) mass is 440 g/mol. The number of amides is 1. The highest BCUT2D eigenvalue weighted by molar-refractivity contribution is 6.13. The van der Waals surface area contributed by atoms with Crippen molar-refractivity contribution in [3.8, 4) is 5.69 Å². The summed E-state index contributed by atoms with van der Waals surface area (Å²) in [6, 6.07) is 6.55. The third-order valence-corrected chi connectivity index (χ3v) is 5.55. The summed E-state index contributed by atoms with van der Waals surface area (Å²) in [4.78, 5) is 18.1. The topological polar surface area (TPSA) is 77.6 Å². The molecule has 10 heteroatoms.